The molecule has 6 nitrogen and oxygen atoms in total. The summed E-state index contributed by atoms with van der Waals surface area (Å²) >= 11 is 0. The third kappa shape index (κ3) is 69.2. The first-order valence-corrected chi connectivity index (χ1v) is 38.3. The maximum absolute atomic E-state index is 12.5. The van der Waals surface area contributed by atoms with Gasteiger partial charge in [0.25, 0.3) is 0 Å². The Labute approximate surface area is 525 Å². The Morgan fingerprint density at radius 2 is 0.571 bits per heavy atom. The maximum atomic E-state index is 12.5. The molecule has 2 unspecified atom stereocenters. The number of nitrogens with one attached hydrogen (secondary N) is 1. The standard InChI is InChI=1S/C78H149NO5/c1-3-5-7-9-11-13-15-16-17-18-19-20-21-32-35-38-41-44-47-51-54-58-62-66-70-76(81)75(74-80)79-77(82)71-67-63-59-55-52-48-45-42-39-36-33-30-28-26-24-22-23-25-27-29-31-34-37-40-43-46-49-53-57-61-65-69-73-84-78(83)72-68-64-60-56-50-14-12-10-8-6-4-2/h10,12,25,27,66,70,75-76,80-81H,3-9,11,13-24,26,28-65,67-69,71-74H2,1-2H3,(H,79,82)/b12-10-,27-25-,70-66+. The normalized spacial score (nSPS) is 12.7. The number of amides is 1. The van der Waals surface area contributed by atoms with E-state index in [4.69, 9.17) is 4.74 Å². The number of allylic oxidation sites excluding steroid dienone is 5. The molecule has 0 spiro atoms. The Hall–Kier alpha value is -1.92. The molecular formula is C78H149NO5. The minimum Gasteiger partial charge on any atom is -0.466 e. The number of carbonyl (C=O) groups is 2. The molecule has 0 aliphatic rings. The van der Waals surface area contributed by atoms with Crippen LogP contribution in [0.25, 0.3) is 0 Å². The SMILES string of the molecule is CCCC/C=C\CCCCCCCC(=O)OCCCCCCCCCCCCCC/C=C\CCCCCCCCCCCCCCCCCCC(=O)NC(CO)C(O)/C=C/CCCCCCCCCCCCCCCCCCCCCCCC. The molecule has 0 saturated carbocycles. The van der Waals surface area contributed by atoms with Crippen LogP contribution in [0.1, 0.15) is 425 Å². The van der Waals surface area contributed by atoms with Gasteiger partial charge in [-0.05, 0) is 77.0 Å². The molecule has 496 valence electrons. The highest BCUT2D eigenvalue weighted by atomic mass is 16.5. The molecule has 6 heteroatoms. The number of ether oxygens (including phenoxy) is 1. The van der Waals surface area contributed by atoms with Gasteiger partial charge >= 0.3 is 5.97 Å². The van der Waals surface area contributed by atoms with Gasteiger partial charge in [0.2, 0.25) is 5.91 Å². The molecule has 0 rings (SSSR count). The van der Waals surface area contributed by atoms with E-state index in [1.54, 1.807) is 6.08 Å². The van der Waals surface area contributed by atoms with Crippen molar-refractivity contribution < 1.29 is 24.5 Å². The molecule has 0 aromatic carbocycles. The highest BCUT2D eigenvalue weighted by molar-refractivity contribution is 5.76. The molecule has 0 bridgehead atoms. The van der Waals surface area contributed by atoms with Crippen LogP contribution in [0, 0.1) is 0 Å². The fraction of sp³-hybridized carbons (Fsp3) is 0.897. The van der Waals surface area contributed by atoms with Crippen LogP contribution in [0.5, 0.6) is 0 Å². The zero-order valence-corrected chi connectivity index (χ0v) is 56.9. The van der Waals surface area contributed by atoms with Gasteiger partial charge in [0.15, 0.2) is 0 Å². The molecular weight excluding hydrogens is 1030 g/mol. The van der Waals surface area contributed by atoms with Gasteiger partial charge in [0.1, 0.15) is 0 Å². The fourth-order valence-corrected chi connectivity index (χ4v) is 12.0. The van der Waals surface area contributed by atoms with Gasteiger partial charge < -0.3 is 20.3 Å². The largest absolute Gasteiger partial charge is 0.466 e. The summed E-state index contributed by atoms with van der Waals surface area (Å²) < 4.78 is 5.47. The summed E-state index contributed by atoms with van der Waals surface area (Å²) in [6, 6.07) is -0.627. The highest BCUT2D eigenvalue weighted by Gasteiger charge is 2.18. The van der Waals surface area contributed by atoms with E-state index in [2.05, 4.69) is 43.5 Å². The van der Waals surface area contributed by atoms with Crippen molar-refractivity contribution in [1.29, 1.82) is 0 Å². The van der Waals surface area contributed by atoms with Crippen LogP contribution in [-0.4, -0.2) is 47.4 Å². The summed E-state index contributed by atoms with van der Waals surface area (Å²) in [7, 11) is 0. The monoisotopic (exact) mass is 1180 g/mol. The Balaban J connectivity index is 3.39. The van der Waals surface area contributed by atoms with E-state index in [1.165, 1.54) is 353 Å². The van der Waals surface area contributed by atoms with Gasteiger partial charge in [-0.15, -0.1) is 0 Å². The van der Waals surface area contributed by atoms with Crippen molar-refractivity contribution in [3.63, 3.8) is 0 Å². The predicted octanol–water partition coefficient (Wildman–Crippen LogP) is 25.0. The number of aliphatic hydroxyl groups excluding tert-OH is 2. The summed E-state index contributed by atoms with van der Waals surface area (Å²) in [5, 5.41) is 23.3. The van der Waals surface area contributed by atoms with Crippen LogP contribution in [0.15, 0.2) is 36.5 Å². The van der Waals surface area contributed by atoms with Crippen molar-refractivity contribution >= 4 is 11.9 Å². The van der Waals surface area contributed by atoms with Crippen molar-refractivity contribution in [2.75, 3.05) is 13.2 Å². The van der Waals surface area contributed by atoms with Gasteiger partial charge in [-0.3, -0.25) is 9.59 Å². The molecule has 84 heavy (non-hydrogen) atoms. The molecule has 0 aromatic heterocycles. The van der Waals surface area contributed by atoms with E-state index in [-0.39, 0.29) is 18.5 Å². The first-order valence-electron chi connectivity index (χ1n) is 38.3. The smallest absolute Gasteiger partial charge is 0.305 e. The summed E-state index contributed by atoms with van der Waals surface area (Å²) in [5.41, 5.74) is 0. The molecule has 0 saturated heterocycles. The van der Waals surface area contributed by atoms with Crippen molar-refractivity contribution in [2.45, 2.75) is 437 Å². The number of rotatable bonds is 72. The Kier molecular flexibility index (Phi) is 71.9. The lowest BCUT2D eigenvalue weighted by Gasteiger charge is -2.20. The molecule has 3 N–H and O–H groups in total. The van der Waals surface area contributed by atoms with Crippen molar-refractivity contribution in [3.05, 3.63) is 36.5 Å². The average molecular weight is 1180 g/mol. The number of esters is 1. The Morgan fingerprint density at radius 3 is 0.881 bits per heavy atom. The first kappa shape index (κ1) is 82.1. The molecule has 0 heterocycles. The fourth-order valence-electron chi connectivity index (χ4n) is 12.0. The van der Waals surface area contributed by atoms with E-state index in [9.17, 15) is 19.8 Å². The lowest BCUT2D eigenvalue weighted by Crippen LogP contribution is -2.45. The minimum atomic E-state index is -0.844. The van der Waals surface area contributed by atoms with Gasteiger partial charge in [-0.1, -0.05) is 371 Å². The summed E-state index contributed by atoms with van der Waals surface area (Å²) in [4.78, 5) is 24.6. The predicted molar refractivity (Wildman–Crippen MR) is 370 cm³/mol. The third-order valence-corrected chi connectivity index (χ3v) is 17.9. The van der Waals surface area contributed by atoms with E-state index in [1.807, 2.05) is 6.08 Å². The maximum Gasteiger partial charge on any atom is 0.305 e. The second kappa shape index (κ2) is 73.5. The van der Waals surface area contributed by atoms with Crippen LogP contribution in [-0.2, 0) is 14.3 Å². The van der Waals surface area contributed by atoms with Crippen LogP contribution in [0.3, 0.4) is 0 Å². The number of hydrogen-bond acceptors (Lipinski definition) is 5. The van der Waals surface area contributed by atoms with Gasteiger partial charge in [-0.2, -0.15) is 0 Å². The molecule has 0 aliphatic carbocycles. The molecule has 0 aromatic rings. The van der Waals surface area contributed by atoms with E-state index >= 15 is 0 Å². The minimum absolute atomic E-state index is 0.00728. The van der Waals surface area contributed by atoms with E-state index < -0.39 is 12.1 Å². The summed E-state index contributed by atoms with van der Waals surface area (Å²) in [6.45, 7) is 4.91. The zero-order chi connectivity index (χ0) is 60.6. The number of hydrogen-bond donors (Lipinski definition) is 3. The Bertz CT molecular complexity index is 1360. The second-order valence-corrected chi connectivity index (χ2v) is 26.3. The highest BCUT2D eigenvalue weighted by Crippen LogP contribution is 2.19. The van der Waals surface area contributed by atoms with Gasteiger partial charge in [0, 0.05) is 12.8 Å². The topological polar surface area (TPSA) is 95.9 Å². The van der Waals surface area contributed by atoms with Crippen LogP contribution in [0.2, 0.25) is 0 Å². The average Bonchev–Trinajstić information content (AvgIpc) is 3.51. The molecule has 0 fully saturated rings. The number of aliphatic hydroxyl groups is 2. The molecule has 0 radical (unpaired) electrons. The lowest BCUT2D eigenvalue weighted by molar-refractivity contribution is -0.143. The van der Waals surface area contributed by atoms with Gasteiger partial charge in [0.05, 0.1) is 25.4 Å². The van der Waals surface area contributed by atoms with Gasteiger partial charge in [-0.25, -0.2) is 0 Å². The van der Waals surface area contributed by atoms with Crippen molar-refractivity contribution in [1.82, 2.24) is 5.32 Å². The second-order valence-electron chi connectivity index (χ2n) is 26.3. The van der Waals surface area contributed by atoms with Crippen LogP contribution >= 0.6 is 0 Å². The molecule has 0 aliphatic heterocycles. The lowest BCUT2D eigenvalue weighted by atomic mass is 10.0. The van der Waals surface area contributed by atoms with E-state index in [0.29, 0.717) is 19.4 Å². The third-order valence-electron chi connectivity index (χ3n) is 17.9. The number of carbonyl (C=O) groups excluding carboxylic acids is 2. The van der Waals surface area contributed by atoms with Crippen molar-refractivity contribution in [2.24, 2.45) is 0 Å². The summed E-state index contributed by atoms with van der Waals surface area (Å²) in [6.07, 6.45) is 95.4. The van der Waals surface area contributed by atoms with E-state index in [0.717, 1.165) is 44.9 Å². The number of unbranched alkanes of at least 4 members (excludes halogenated alkanes) is 57. The molecule has 1 amide bonds. The van der Waals surface area contributed by atoms with Crippen molar-refractivity contribution in [3.8, 4) is 0 Å². The quantitative estimate of drug-likeness (QED) is 0.0320. The first-order chi connectivity index (χ1) is 41.5. The zero-order valence-electron chi connectivity index (χ0n) is 56.9. The Morgan fingerprint density at radius 1 is 0.321 bits per heavy atom. The molecule has 2 atom stereocenters. The summed E-state index contributed by atoms with van der Waals surface area (Å²) in [5.74, 6) is -0.0534. The van der Waals surface area contributed by atoms with Crippen LogP contribution < -0.4 is 5.32 Å². The van der Waals surface area contributed by atoms with Crippen LogP contribution in [0.4, 0.5) is 0 Å².